The van der Waals surface area contributed by atoms with E-state index in [0.717, 1.165) is 44.0 Å². The molecule has 1 aliphatic heterocycles. The van der Waals surface area contributed by atoms with E-state index in [1.807, 2.05) is 13.0 Å². The molecule has 0 bridgehead atoms. The van der Waals surface area contributed by atoms with Crippen molar-refractivity contribution in [1.29, 1.82) is 0 Å². The van der Waals surface area contributed by atoms with Crippen LogP contribution in [0.2, 0.25) is 0 Å². The molecule has 2 rings (SSSR count). The highest BCUT2D eigenvalue weighted by Gasteiger charge is 2.23. The summed E-state index contributed by atoms with van der Waals surface area (Å²) >= 11 is 0. The zero-order valence-electron chi connectivity index (χ0n) is 10.7. The largest absolute Gasteiger partial charge is 0.481 e. The number of hydrogen-bond donors (Lipinski definition) is 1. The fourth-order valence-electron chi connectivity index (χ4n) is 2.44. The third-order valence-corrected chi connectivity index (χ3v) is 3.36. The predicted molar refractivity (Wildman–Crippen MR) is 67.0 cm³/mol. The van der Waals surface area contributed by atoms with Crippen molar-refractivity contribution < 1.29 is 9.90 Å². The first kappa shape index (κ1) is 13.0. The molecule has 1 aromatic heterocycles. The van der Waals surface area contributed by atoms with Crippen LogP contribution >= 0.6 is 0 Å². The summed E-state index contributed by atoms with van der Waals surface area (Å²) < 4.78 is 0. The third-order valence-electron chi connectivity index (χ3n) is 3.36. The molecule has 18 heavy (non-hydrogen) atoms. The van der Waals surface area contributed by atoms with E-state index in [4.69, 9.17) is 5.11 Å². The Morgan fingerprint density at radius 2 is 2.44 bits per heavy atom. The van der Waals surface area contributed by atoms with Crippen LogP contribution in [0, 0.1) is 12.8 Å². The Morgan fingerprint density at radius 1 is 1.61 bits per heavy atom. The van der Waals surface area contributed by atoms with E-state index in [-0.39, 0.29) is 6.42 Å². The fourth-order valence-corrected chi connectivity index (χ4v) is 2.44. The van der Waals surface area contributed by atoms with E-state index in [2.05, 4.69) is 14.9 Å². The van der Waals surface area contributed by atoms with E-state index in [1.165, 1.54) is 0 Å². The molecular weight excluding hydrogens is 230 g/mol. The van der Waals surface area contributed by atoms with Crippen molar-refractivity contribution >= 4 is 5.97 Å². The third kappa shape index (κ3) is 3.77. The zero-order chi connectivity index (χ0) is 13.0. The standard InChI is InChI=1S/C13H19N3O2/c1-10-14-6-4-12(15-10)9-16-7-5-11(8-16)2-3-13(17)18/h4,6,11H,2-3,5,7-9H2,1H3,(H,17,18). The first-order valence-electron chi connectivity index (χ1n) is 6.36. The van der Waals surface area contributed by atoms with Crippen LogP contribution in [0.3, 0.4) is 0 Å². The van der Waals surface area contributed by atoms with E-state index < -0.39 is 5.97 Å². The van der Waals surface area contributed by atoms with Gasteiger partial charge in [-0.3, -0.25) is 9.69 Å². The molecule has 1 unspecified atom stereocenters. The maximum Gasteiger partial charge on any atom is 0.303 e. The van der Waals surface area contributed by atoms with E-state index >= 15 is 0 Å². The van der Waals surface area contributed by atoms with Gasteiger partial charge in [0.15, 0.2) is 0 Å². The number of rotatable bonds is 5. The van der Waals surface area contributed by atoms with Crippen molar-refractivity contribution in [1.82, 2.24) is 14.9 Å². The molecule has 0 spiro atoms. The first-order chi connectivity index (χ1) is 8.63. The van der Waals surface area contributed by atoms with Crippen LogP contribution in [0.25, 0.3) is 0 Å². The highest BCUT2D eigenvalue weighted by Crippen LogP contribution is 2.22. The second-order valence-corrected chi connectivity index (χ2v) is 4.92. The van der Waals surface area contributed by atoms with Gasteiger partial charge in [0.25, 0.3) is 0 Å². The molecule has 0 saturated carbocycles. The molecule has 1 saturated heterocycles. The Balaban J connectivity index is 1.80. The van der Waals surface area contributed by atoms with Crippen LogP contribution < -0.4 is 0 Å². The Kier molecular flexibility index (Phi) is 4.25. The Labute approximate surface area is 107 Å². The van der Waals surface area contributed by atoms with E-state index in [1.54, 1.807) is 6.20 Å². The van der Waals surface area contributed by atoms with Crippen LogP contribution in [0.5, 0.6) is 0 Å². The smallest absolute Gasteiger partial charge is 0.303 e. The molecule has 2 heterocycles. The average Bonchev–Trinajstić information content (AvgIpc) is 2.74. The number of hydrogen-bond acceptors (Lipinski definition) is 4. The van der Waals surface area contributed by atoms with Crippen LogP contribution in [0.1, 0.15) is 30.8 Å². The lowest BCUT2D eigenvalue weighted by Gasteiger charge is -2.15. The lowest BCUT2D eigenvalue weighted by atomic mass is 10.0. The molecule has 1 fully saturated rings. The summed E-state index contributed by atoms with van der Waals surface area (Å²) in [6, 6.07) is 1.94. The Morgan fingerprint density at radius 3 is 3.17 bits per heavy atom. The summed E-state index contributed by atoms with van der Waals surface area (Å²) in [5.74, 6) is 0.623. The quantitative estimate of drug-likeness (QED) is 0.856. The number of likely N-dealkylation sites (tertiary alicyclic amines) is 1. The van der Waals surface area contributed by atoms with Gasteiger partial charge in [-0.2, -0.15) is 0 Å². The van der Waals surface area contributed by atoms with Gasteiger partial charge in [-0.25, -0.2) is 9.97 Å². The number of aryl methyl sites for hydroxylation is 1. The summed E-state index contributed by atoms with van der Waals surface area (Å²) in [6.45, 7) is 4.75. The molecule has 1 N–H and O–H groups in total. The van der Waals surface area contributed by atoms with Gasteiger partial charge >= 0.3 is 5.97 Å². The highest BCUT2D eigenvalue weighted by molar-refractivity contribution is 5.66. The van der Waals surface area contributed by atoms with Crippen molar-refractivity contribution in [3.8, 4) is 0 Å². The van der Waals surface area contributed by atoms with Gasteiger partial charge in [0.2, 0.25) is 0 Å². The van der Waals surface area contributed by atoms with Gasteiger partial charge in [-0.1, -0.05) is 0 Å². The van der Waals surface area contributed by atoms with Crippen molar-refractivity contribution in [3.63, 3.8) is 0 Å². The van der Waals surface area contributed by atoms with Gasteiger partial charge in [0.1, 0.15) is 5.82 Å². The minimum atomic E-state index is -0.695. The number of aromatic nitrogens is 2. The Hall–Kier alpha value is -1.49. The van der Waals surface area contributed by atoms with Crippen molar-refractivity contribution in [3.05, 3.63) is 23.8 Å². The van der Waals surface area contributed by atoms with Crippen molar-refractivity contribution in [2.75, 3.05) is 13.1 Å². The minimum Gasteiger partial charge on any atom is -0.481 e. The molecule has 98 valence electrons. The average molecular weight is 249 g/mol. The number of nitrogens with zero attached hydrogens (tertiary/aromatic N) is 3. The fraction of sp³-hybridized carbons (Fsp3) is 0.615. The normalized spacial score (nSPS) is 20.2. The molecule has 0 radical (unpaired) electrons. The summed E-state index contributed by atoms with van der Waals surface area (Å²) in [5, 5.41) is 8.67. The summed E-state index contributed by atoms with van der Waals surface area (Å²) in [6.07, 6.45) is 3.95. The molecule has 5 heteroatoms. The van der Waals surface area contributed by atoms with Gasteiger partial charge < -0.3 is 5.11 Å². The van der Waals surface area contributed by atoms with Crippen molar-refractivity contribution in [2.45, 2.75) is 32.7 Å². The molecule has 0 amide bonds. The second-order valence-electron chi connectivity index (χ2n) is 4.92. The Bertz CT molecular complexity index is 422. The molecule has 0 aliphatic carbocycles. The molecule has 0 aromatic carbocycles. The van der Waals surface area contributed by atoms with E-state index in [9.17, 15) is 4.79 Å². The van der Waals surface area contributed by atoms with Gasteiger partial charge in [-0.15, -0.1) is 0 Å². The second kappa shape index (κ2) is 5.91. The summed E-state index contributed by atoms with van der Waals surface area (Å²) in [5.41, 5.74) is 1.04. The highest BCUT2D eigenvalue weighted by atomic mass is 16.4. The molecule has 1 aliphatic rings. The van der Waals surface area contributed by atoms with Gasteiger partial charge in [0, 0.05) is 25.7 Å². The number of carboxylic acids is 1. The van der Waals surface area contributed by atoms with E-state index in [0.29, 0.717) is 5.92 Å². The lowest BCUT2D eigenvalue weighted by Crippen LogP contribution is -2.21. The molecular formula is C13H19N3O2. The SMILES string of the molecule is Cc1nccc(CN2CCC(CCC(=O)O)C2)n1. The zero-order valence-corrected chi connectivity index (χ0v) is 10.7. The van der Waals surface area contributed by atoms with Crippen LogP contribution in [0.4, 0.5) is 0 Å². The summed E-state index contributed by atoms with van der Waals surface area (Å²) in [7, 11) is 0. The predicted octanol–water partition coefficient (Wildman–Crippen LogP) is 1.47. The number of carboxylic acid groups (broad SMARTS) is 1. The summed E-state index contributed by atoms with van der Waals surface area (Å²) in [4.78, 5) is 21.3. The van der Waals surface area contributed by atoms with Crippen LogP contribution in [-0.4, -0.2) is 39.0 Å². The molecule has 5 nitrogen and oxygen atoms in total. The number of aliphatic carboxylic acids is 1. The van der Waals surface area contributed by atoms with Crippen LogP contribution in [0.15, 0.2) is 12.3 Å². The molecule has 1 atom stereocenters. The number of carbonyl (C=O) groups is 1. The van der Waals surface area contributed by atoms with Gasteiger partial charge in [0.05, 0.1) is 5.69 Å². The van der Waals surface area contributed by atoms with Crippen molar-refractivity contribution in [2.24, 2.45) is 5.92 Å². The topological polar surface area (TPSA) is 66.3 Å². The van der Waals surface area contributed by atoms with Gasteiger partial charge in [-0.05, 0) is 38.3 Å². The first-order valence-corrected chi connectivity index (χ1v) is 6.36. The van der Waals surface area contributed by atoms with Crippen LogP contribution in [-0.2, 0) is 11.3 Å². The maximum atomic E-state index is 10.5. The minimum absolute atomic E-state index is 0.283. The molecule has 1 aromatic rings. The lowest BCUT2D eigenvalue weighted by molar-refractivity contribution is -0.137. The monoisotopic (exact) mass is 249 g/mol. The maximum absolute atomic E-state index is 10.5.